The Kier molecular flexibility index (Phi) is 4.54. The Morgan fingerprint density at radius 2 is 2.09 bits per heavy atom. The maximum Gasteiger partial charge on any atom is 0.433 e. The van der Waals surface area contributed by atoms with Crippen molar-refractivity contribution < 1.29 is 17.9 Å². The van der Waals surface area contributed by atoms with Crippen LogP contribution in [0.1, 0.15) is 30.5 Å². The van der Waals surface area contributed by atoms with Gasteiger partial charge < -0.3 is 10.1 Å². The first kappa shape index (κ1) is 16.8. The molecule has 2 aliphatic rings. The van der Waals surface area contributed by atoms with Crippen LogP contribution in [0.5, 0.6) is 5.88 Å². The quantitative estimate of drug-likeness (QED) is 0.904. The topological polar surface area (TPSA) is 57.9 Å². The number of hydrogen-bond donors (Lipinski definition) is 1. The highest BCUT2D eigenvalue weighted by atomic mass is 35.5. The lowest BCUT2D eigenvalue weighted by molar-refractivity contribution is -0.141. The van der Waals surface area contributed by atoms with Gasteiger partial charge in [-0.15, -0.1) is 12.4 Å². The average molecular weight is 334 g/mol. The van der Waals surface area contributed by atoms with Gasteiger partial charge in [-0.05, 0) is 37.3 Å². The fourth-order valence-electron chi connectivity index (χ4n) is 3.08. The number of ether oxygens (including phenoxy) is 1. The van der Waals surface area contributed by atoms with Crippen molar-refractivity contribution in [2.45, 2.75) is 31.5 Å². The third kappa shape index (κ3) is 3.28. The number of nitriles is 1. The molecule has 1 aromatic rings. The van der Waals surface area contributed by atoms with E-state index in [0.29, 0.717) is 0 Å². The molecule has 0 atom stereocenters. The van der Waals surface area contributed by atoms with Crippen LogP contribution in [0.3, 0.4) is 0 Å². The highest BCUT2D eigenvalue weighted by molar-refractivity contribution is 5.85. The maximum absolute atomic E-state index is 12.7. The first-order valence-electron chi connectivity index (χ1n) is 6.77. The summed E-state index contributed by atoms with van der Waals surface area (Å²) in [5.41, 5.74) is -0.943. The molecule has 1 saturated carbocycles. The van der Waals surface area contributed by atoms with Crippen LogP contribution >= 0.6 is 12.4 Å². The summed E-state index contributed by atoms with van der Waals surface area (Å²) in [7, 11) is 0. The molecule has 3 rings (SSSR count). The van der Waals surface area contributed by atoms with Crippen LogP contribution in [0.2, 0.25) is 0 Å². The van der Waals surface area contributed by atoms with Gasteiger partial charge in [0, 0.05) is 12.6 Å². The fourth-order valence-corrected chi connectivity index (χ4v) is 3.08. The molecule has 0 aromatic carbocycles. The van der Waals surface area contributed by atoms with E-state index in [4.69, 9.17) is 10.00 Å². The number of halogens is 4. The Bertz CT molecular complexity index is 586. The van der Waals surface area contributed by atoms with Crippen LogP contribution in [0.4, 0.5) is 13.2 Å². The monoisotopic (exact) mass is 333 g/mol. The second-order valence-electron chi connectivity index (χ2n) is 5.76. The SMILES string of the molecule is Cl.N#Cc1cc(OC2CC3(CCNC3)C2)nc(C(F)(F)F)c1. The summed E-state index contributed by atoms with van der Waals surface area (Å²) in [6.07, 6.45) is -1.99. The molecule has 4 nitrogen and oxygen atoms in total. The maximum atomic E-state index is 12.7. The molecule has 8 heteroatoms. The van der Waals surface area contributed by atoms with Crippen LogP contribution in [0.15, 0.2) is 12.1 Å². The Morgan fingerprint density at radius 1 is 1.36 bits per heavy atom. The van der Waals surface area contributed by atoms with Gasteiger partial charge in [-0.2, -0.15) is 18.4 Å². The van der Waals surface area contributed by atoms with Crippen LogP contribution in [-0.2, 0) is 6.18 Å². The van der Waals surface area contributed by atoms with Crippen molar-refractivity contribution in [3.05, 3.63) is 23.4 Å². The van der Waals surface area contributed by atoms with Gasteiger partial charge in [0.05, 0.1) is 11.6 Å². The van der Waals surface area contributed by atoms with Gasteiger partial charge >= 0.3 is 6.18 Å². The van der Waals surface area contributed by atoms with Gasteiger partial charge in [-0.3, -0.25) is 0 Å². The summed E-state index contributed by atoms with van der Waals surface area (Å²) >= 11 is 0. The molecule has 0 amide bonds. The number of nitrogens with zero attached hydrogens (tertiary/aromatic N) is 2. The van der Waals surface area contributed by atoms with E-state index in [-0.39, 0.29) is 35.4 Å². The van der Waals surface area contributed by atoms with E-state index in [0.717, 1.165) is 38.4 Å². The molecule has 1 saturated heterocycles. The van der Waals surface area contributed by atoms with Crippen molar-refractivity contribution in [1.29, 1.82) is 5.26 Å². The van der Waals surface area contributed by atoms with Crippen LogP contribution in [0, 0.1) is 16.7 Å². The minimum absolute atomic E-state index is 0. The standard InChI is InChI=1S/C14H14F3N3O.ClH/c15-14(16,17)11-3-9(7-18)4-12(20-11)21-10-5-13(6-10)1-2-19-8-13;/h3-4,10,19H,1-2,5-6,8H2;1H. The molecule has 0 bridgehead atoms. The molecule has 1 spiro atoms. The van der Waals surface area contributed by atoms with Gasteiger partial charge in [0.25, 0.3) is 0 Å². The Labute approximate surface area is 132 Å². The summed E-state index contributed by atoms with van der Waals surface area (Å²) in [5.74, 6) is -0.118. The van der Waals surface area contributed by atoms with Crippen molar-refractivity contribution in [3.63, 3.8) is 0 Å². The number of hydrogen-bond acceptors (Lipinski definition) is 4. The molecular weight excluding hydrogens is 319 g/mol. The predicted octanol–water partition coefficient (Wildman–Crippen LogP) is 2.91. The lowest BCUT2D eigenvalue weighted by atomic mass is 9.66. The lowest BCUT2D eigenvalue weighted by Crippen LogP contribution is -2.45. The number of rotatable bonds is 2. The van der Waals surface area contributed by atoms with Gasteiger partial charge in [0.15, 0.2) is 0 Å². The Balaban J connectivity index is 0.00000176. The van der Waals surface area contributed by atoms with Gasteiger partial charge in [-0.25, -0.2) is 4.98 Å². The summed E-state index contributed by atoms with van der Waals surface area (Å²) < 4.78 is 43.7. The molecule has 0 unspecified atom stereocenters. The van der Waals surface area contributed by atoms with E-state index in [1.54, 1.807) is 6.07 Å². The van der Waals surface area contributed by atoms with Crippen molar-refractivity contribution >= 4 is 12.4 Å². The first-order chi connectivity index (χ1) is 9.90. The third-order valence-corrected chi connectivity index (χ3v) is 4.16. The highest BCUT2D eigenvalue weighted by Crippen LogP contribution is 2.47. The zero-order valence-electron chi connectivity index (χ0n) is 11.6. The Hall–Kier alpha value is -1.52. The van der Waals surface area contributed by atoms with Crippen LogP contribution in [0.25, 0.3) is 0 Å². The van der Waals surface area contributed by atoms with Crippen LogP contribution in [-0.4, -0.2) is 24.2 Å². The fraction of sp³-hybridized carbons (Fsp3) is 0.571. The van der Waals surface area contributed by atoms with E-state index in [9.17, 15) is 13.2 Å². The van der Waals surface area contributed by atoms with E-state index in [2.05, 4.69) is 10.3 Å². The minimum atomic E-state index is -4.58. The summed E-state index contributed by atoms with van der Waals surface area (Å²) in [6, 6.07) is 3.70. The summed E-state index contributed by atoms with van der Waals surface area (Å²) in [4.78, 5) is 3.48. The number of pyridine rings is 1. The van der Waals surface area contributed by atoms with Gasteiger partial charge in [0.1, 0.15) is 11.8 Å². The number of alkyl halides is 3. The smallest absolute Gasteiger partial charge is 0.433 e. The molecule has 2 heterocycles. The lowest BCUT2D eigenvalue weighted by Gasteiger charge is -2.44. The molecule has 0 radical (unpaired) electrons. The van der Waals surface area contributed by atoms with Crippen molar-refractivity contribution in [3.8, 4) is 11.9 Å². The van der Waals surface area contributed by atoms with Crippen molar-refractivity contribution in [2.75, 3.05) is 13.1 Å². The summed E-state index contributed by atoms with van der Waals surface area (Å²) in [5, 5.41) is 12.1. The van der Waals surface area contributed by atoms with Gasteiger partial charge in [-0.1, -0.05) is 0 Å². The molecular formula is C14H15ClF3N3O. The third-order valence-electron chi connectivity index (χ3n) is 4.16. The zero-order valence-corrected chi connectivity index (χ0v) is 12.4. The van der Waals surface area contributed by atoms with Crippen molar-refractivity contribution in [1.82, 2.24) is 10.3 Å². The predicted molar refractivity (Wildman–Crippen MR) is 74.8 cm³/mol. The second-order valence-corrected chi connectivity index (χ2v) is 5.76. The van der Waals surface area contributed by atoms with Crippen molar-refractivity contribution in [2.24, 2.45) is 5.41 Å². The minimum Gasteiger partial charge on any atom is -0.474 e. The van der Waals surface area contributed by atoms with E-state index in [1.165, 1.54) is 6.07 Å². The number of nitrogens with one attached hydrogen (secondary N) is 1. The van der Waals surface area contributed by atoms with E-state index >= 15 is 0 Å². The van der Waals surface area contributed by atoms with E-state index in [1.807, 2.05) is 0 Å². The first-order valence-corrected chi connectivity index (χ1v) is 6.77. The largest absolute Gasteiger partial charge is 0.474 e. The number of aromatic nitrogens is 1. The molecule has 2 fully saturated rings. The second kappa shape index (κ2) is 5.94. The molecule has 22 heavy (non-hydrogen) atoms. The molecule has 1 aromatic heterocycles. The normalized spacial score (nSPS) is 26.9. The zero-order chi connectivity index (χ0) is 15.1. The van der Waals surface area contributed by atoms with Crippen LogP contribution < -0.4 is 10.1 Å². The van der Waals surface area contributed by atoms with E-state index < -0.39 is 11.9 Å². The summed E-state index contributed by atoms with van der Waals surface area (Å²) in [6.45, 7) is 1.92. The highest BCUT2D eigenvalue weighted by Gasteiger charge is 2.47. The molecule has 1 N–H and O–H groups in total. The average Bonchev–Trinajstić information content (AvgIpc) is 2.86. The Morgan fingerprint density at radius 3 is 2.64 bits per heavy atom. The van der Waals surface area contributed by atoms with Gasteiger partial charge in [0.2, 0.25) is 5.88 Å². The molecule has 120 valence electrons. The molecule has 1 aliphatic heterocycles. The molecule has 1 aliphatic carbocycles.